The van der Waals surface area contributed by atoms with Crippen LogP contribution in [-0.2, 0) is 15.0 Å². The highest BCUT2D eigenvalue weighted by molar-refractivity contribution is 6.11. The van der Waals surface area contributed by atoms with E-state index in [4.69, 9.17) is 4.74 Å². The van der Waals surface area contributed by atoms with Gasteiger partial charge in [0.15, 0.2) is 0 Å². The van der Waals surface area contributed by atoms with Crippen molar-refractivity contribution in [2.75, 3.05) is 18.0 Å². The lowest BCUT2D eigenvalue weighted by molar-refractivity contribution is -0.182. The Kier molecular flexibility index (Phi) is 4.81. The number of carbonyl (C=O) groups excluding carboxylic acids is 2. The van der Waals surface area contributed by atoms with Gasteiger partial charge in [0, 0.05) is 31.1 Å². The number of aromatic amines is 1. The van der Waals surface area contributed by atoms with Gasteiger partial charge >= 0.3 is 6.18 Å². The molecule has 6 rings (SSSR count). The van der Waals surface area contributed by atoms with Crippen molar-refractivity contribution in [3.63, 3.8) is 0 Å². The third kappa shape index (κ3) is 3.43. The number of nitrogens with one attached hydrogen (secondary N) is 1. The summed E-state index contributed by atoms with van der Waals surface area (Å²) in [5, 5.41) is 6.76. The molecule has 3 aliphatic rings. The summed E-state index contributed by atoms with van der Waals surface area (Å²) in [7, 11) is 0. The van der Waals surface area contributed by atoms with Gasteiger partial charge in [-0.15, -0.1) is 0 Å². The zero-order valence-corrected chi connectivity index (χ0v) is 18.6. The molecule has 11 heteroatoms. The van der Waals surface area contributed by atoms with Crippen LogP contribution >= 0.6 is 0 Å². The minimum absolute atomic E-state index is 0.0434. The fourth-order valence-corrected chi connectivity index (χ4v) is 5.63. The zero-order valence-electron chi connectivity index (χ0n) is 18.6. The van der Waals surface area contributed by atoms with Crippen molar-refractivity contribution in [1.29, 1.82) is 0 Å². The van der Waals surface area contributed by atoms with Crippen LogP contribution in [0.5, 0.6) is 5.88 Å². The fraction of sp³-hybridized carbons (Fsp3) is 0.417. The standard InChI is InChI=1S/C24H22F3N5O3/c25-24(26,27)19-6-3-9-31(19)21(33)13-32-18-5-2-1-4-15(18)23(22(32)34)10-14(11-23)35-20-8-7-16-17(29-20)12-28-30-16/h1-2,4-5,7-8,12,14,19H,3,6,9-11,13H2,(H,28,30)/t14?,19-,23?/m0/s1. The van der Waals surface area contributed by atoms with E-state index in [0.717, 1.165) is 16.0 Å². The van der Waals surface area contributed by atoms with Crippen LogP contribution in [-0.4, -0.2) is 63.3 Å². The van der Waals surface area contributed by atoms with Gasteiger partial charge in [0.25, 0.3) is 0 Å². The van der Waals surface area contributed by atoms with Crippen molar-refractivity contribution >= 4 is 28.5 Å². The predicted molar refractivity (Wildman–Crippen MR) is 119 cm³/mol. The first-order valence-electron chi connectivity index (χ1n) is 11.5. The zero-order chi connectivity index (χ0) is 24.4. The van der Waals surface area contributed by atoms with Crippen LogP contribution in [0.15, 0.2) is 42.6 Å². The van der Waals surface area contributed by atoms with Crippen LogP contribution in [0.25, 0.3) is 11.0 Å². The summed E-state index contributed by atoms with van der Waals surface area (Å²) in [6.07, 6.45) is -2.16. The topological polar surface area (TPSA) is 91.4 Å². The summed E-state index contributed by atoms with van der Waals surface area (Å²) < 4.78 is 46.1. The Labute approximate surface area is 198 Å². The second-order valence-corrected chi connectivity index (χ2v) is 9.38. The lowest BCUT2D eigenvalue weighted by Gasteiger charge is -2.43. The second kappa shape index (κ2) is 7.69. The Bertz CT molecular complexity index is 1320. The molecule has 1 N–H and O–H groups in total. The third-order valence-corrected chi connectivity index (χ3v) is 7.32. The summed E-state index contributed by atoms with van der Waals surface area (Å²) in [5.41, 5.74) is 1.96. The Morgan fingerprint density at radius 2 is 2.00 bits per heavy atom. The van der Waals surface area contributed by atoms with E-state index in [9.17, 15) is 22.8 Å². The number of nitrogens with zero attached hydrogens (tertiary/aromatic N) is 4. The molecule has 1 saturated heterocycles. The minimum atomic E-state index is -4.48. The molecule has 0 bridgehead atoms. The molecule has 3 aromatic rings. The Morgan fingerprint density at radius 1 is 1.20 bits per heavy atom. The molecular formula is C24H22F3N5O3. The number of H-pyrrole nitrogens is 1. The van der Waals surface area contributed by atoms with Gasteiger partial charge in [-0.05, 0) is 30.5 Å². The van der Waals surface area contributed by atoms with Crippen molar-refractivity contribution in [2.45, 2.75) is 49.4 Å². The molecule has 0 unspecified atom stereocenters. The first kappa shape index (κ1) is 21.9. The molecule has 2 amide bonds. The number of alkyl halides is 3. The monoisotopic (exact) mass is 485 g/mol. The van der Waals surface area contributed by atoms with Crippen molar-refractivity contribution in [2.24, 2.45) is 0 Å². The number of rotatable bonds is 4. The largest absolute Gasteiger partial charge is 0.474 e. The number of amides is 2. The summed E-state index contributed by atoms with van der Waals surface area (Å²) in [5.74, 6) is -0.528. The van der Waals surface area contributed by atoms with Gasteiger partial charge in [0.2, 0.25) is 17.7 Å². The lowest BCUT2D eigenvalue weighted by Crippen LogP contribution is -2.55. The Hall–Kier alpha value is -3.63. The number of aromatic nitrogens is 3. The van der Waals surface area contributed by atoms with Crippen molar-refractivity contribution in [3.8, 4) is 5.88 Å². The molecule has 1 atom stereocenters. The van der Waals surface area contributed by atoms with Crippen LogP contribution in [0.2, 0.25) is 0 Å². The number of benzene rings is 1. The van der Waals surface area contributed by atoms with E-state index in [1.165, 1.54) is 4.90 Å². The van der Waals surface area contributed by atoms with E-state index < -0.39 is 30.1 Å². The highest BCUT2D eigenvalue weighted by Gasteiger charge is 2.60. The maximum atomic E-state index is 13.6. The number of pyridine rings is 1. The van der Waals surface area contributed by atoms with Gasteiger partial charge in [-0.3, -0.25) is 14.7 Å². The van der Waals surface area contributed by atoms with Gasteiger partial charge in [-0.1, -0.05) is 18.2 Å². The van der Waals surface area contributed by atoms with Crippen molar-refractivity contribution in [1.82, 2.24) is 20.1 Å². The molecule has 2 aliphatic heterocycles. The van der Waals surface area contributed by atoms with Crippen LogP contribution in [0, 0.1) is 0 Å². The highest BCUT2D eigenvalue weighted by Crippen LogP contribution is 2.54. The van der Waals surface area contributed by atoms with Gasteiger partial charge in [-0.25, -0.2) is 4.98 Å². The normalized spacial score (nSPS) is 25.9. The molecule has 4 heterocycles. The van der Waals surface area contributed by atoms with Crippen LogP contribution in [0.3, 0.4) is 0 Å². The quantitative estimate of drug-likeness (QED) is 0.612. The molecule has 1 aliphatic carbocycles. The Balaban J connectivity index is 1.20. The van der Waals surface area contributed by atoms with Crippen molar-refractivity contribution < 1.29 is 27.5 Å². The number of hydrogen-bond acceptors (Lipinski definition) is 5. The predicted octanol–water partition coefficient (Wildman–Crippen LogP) is 3.34. The molecule has 1 saturated carbocycles. The number of likely N-dealkylation sites (tertiary alicyclic amines) is 1. The minimum Gasteiger partial charge on any atom is -0.474 e. The molecule has 1 spiro atoms. The molecule has 2 fully saturated rings. The first-order valence-corrected chi connectivity index (χ1v) is 11.5. The lowest BCUT2D eigenvalue weighted by atomic mass is 9.63. The van der Waals surface area contributed by atoms with Gasteiger partial charge in [-0.2, -0.15) is 18.3 Å². The smallest absolute Gasteiger partial charge is 0.408 e. The first-order chi connectivity index (χ1) is 16.8. The number of ether oxygens (including phenoxy) is 1. The van der Waals surface area contributed by atoms with Gasteiger partial charge in [0.05, 0.1) is 17.1 Å². The summed E-state index contributed by atoms with van der Waals surface area (Å²) >= 11 is 0. The molecule has 0 radical (unpaired) electrons. The summed E-state index contributed by atoms with van der Waals surface area (Å²) in [4.78, 5) is 33.1. The number of halogens is 3. The highest BCUT2D eigenvalue weighted by atomic mass is 19.4. The average molecular weight is 485 g/mol. The molecule has 1 aromatic carbocycles. The van der Waals surface area contributed by atoms with Crippen molar-refractivity contribution in [3.05, 3.63) is 48.2 Å². The van der Waals surface area contributed by atoms with E-state index in [0.29, 0.717) is 36.3 Å². The average Bonchev–Trinajstić information content (AvgIpc) is 3.52. The molecule has 2 aromatic heterocycles. The second-order valence-electron chi connectivity index (χ2n) is 9.38. The molecule has 182 valence electrons. The fourth-order valence-electron chi connectivity index (χ4n) is 5.63. The molecule has 8 nitrogen and oxygen atoms in total. The Morgan fingerprint density at radius 3 is 2.80 bits per heavy atom. The van der Waals surface area contributed by atoms with E-state index in [2.05, 4.69) is 15.2 Å². The van der Waals surface area contributed by atoms with E-state index in [1.807, 2.05) is 18.2 Å². The van der Waals surface area contributed by atoms with Gasteiger partial charge in [0.1, 0.15) is 24.2 Å². The number of para-hydroxylation sites is 1. The van der Waals surface area contributed by atoms with E-state index >= 15 is 0 Å². The maximum absolute atomic E-state index is 13.6. The summed E-state index contributed by atoms with van der Waals surface area (Å²) in [6, 6.07) is 8.92. The number of hydrogen-bond donors (Lipinski definition) is 1. The van der Waals surface area contributed by atoms with Crippen LogP contribution in [0.4, 0.5) is 18.9 Å². The molecule has 35 heavy (non-hydrogen) atoms. The molecular weight excluding hydrogens is 463 g/mol. The van der Waals surface area contributed by atoms with E-state index in [-0.39, 0.29) is 25.0 Å². The third-order valence-electron chi connectivity index (χ3n) is 7.32. The number of fused-ring (bicyclic) bond motifs is 3. The van der Waals surface area contributed by atoms with Crippen LogP contribution in [0.1, 0.15) is 31.2 Å². The SMILES string of the molecule is O=C(CN1C(=O)C2(CC(Oc3ccc4[nH]ncc4n3)C2)c2ccccc21)N1CCC[C@H]1C(F)(F)F. The number of anilines is 1. The maximum Gasteiger partial charge on any atom is 0.408 e. The van der Waals surface area contributed by atoms with Crippen LogP contribution < -0.4 is 9.64 Å². The van der Waals surface area contributed by atoms with Gasteiger partial charge < -0.3 is 14.5 Å². The number of carbonyl (C=O) groups is 2. The summed E-state index contributed by atoms with van der Waals surface area (Å²) in [6.45, 7) is -0.365. The van der Waals surface area contributed by atoms with E-state index in [1.54, 1.807) is 24.4 Å².